The lowest BCUT2D eigenvalue weighted by Crippen LogP contribution is -2.38. The van der Waals surface area contributed by atoms with E-state index in [0.717, 1.165) is 11.3 Å². The molecule has 2 aromatic rings. The first kappa shape index (κ1) is 19.1. The fourth-order valence-electron chi connectivity index (χ4n) is 2.67. The highest BCUT2D eigenvalue weighted by Gasteiger charge is 2.32. The molecule has 0 aliphatic carbocycles. The molecule has 1 N–H and O–H groups in total. The van der Waals surface area contributed by atoms with Crippen molar-refractivity contribution in [1.82, 2.24) is 15.1 Å². The Morgan fingerprint density at radius 1 is 1.42 bits per heavy atom. The summed E-state index contributed by atoms with van der Waals surface area (Å²) in [5, 5.41) is 12.0. The van der Waals surface area contributed by atoms with Crippen LogP contribution in [0.2, 0.25) is 0 Å². The molecule has 1 saturated heterocycles. The van der Waals surface area contributed by atoms with Crippen LogP contribution >= 0.6 is 23.1 Å². The van der Waals surface area contributed by atoms with Crippen LogP contribution in [-0.2, 0) is 14.6 Å². The van der Waals surface area contributed by atoms with Gasteiger partial charge in [-0.2, -0.15) is 0 Å². The van der Waals surface area contributed by atoms with E-state index < -0.39 is 9.84 Å². The van der Waals surface area contributed by atoms with E-state index >= 15 is 0 Å². The molecule has 0 bridgehead atoms. The number of aryl methyl sites for hydroxylation is 1. The minimum atomic E-state index is -3.00. The molecule has 1 fully saturated rings. The topological polar surface area (TPSA) is 92.3 Å². The van der Waals surface area contributed by atoms with Crippen LogP contribution < -0.4 is 5.32 Å². The van der Waals surface area contributed by atoms with Crippen LogP contribution in [0.4, 0.5) is 10.8 Å². The molecule has 0 saturated carbocycles. The third-order valence-electron chi connectivity index (χ3n) is 4.14. The maximum Gasteiger partial charge on any atom is 0.233 e. The van der Waals surface area contributed by atoms with Crippen molar-refractivity contribution >= 4 is 49.7 Å². The smallest absolute Gasteiger partial charge is 0.233 e. The van der Waals surface area contributed by atoms with E-state index in [-0.39, 0.29) is 29.2 Å². The maximum atomic E-state index is 12.3. The van der Waals surface area contributed by atoms with Crippen LogP contribution in [-0.4, -0.2) is 59.8 Å². The second kappa shape index (κ2) is 7.93. The lowest BCUT2D eigenvalue weighted by atomic mass is 10.2. The number of nitrogens with zero attached hydrogens (tertiary/aromatic N) is 3. The monoisotopic (exact) mass is 412 g/mol. The molecule has 1 aliphatic heterocycles. The molecule has 7 nitrogen and oxygen atoms in total. The summed E-state index contributed by atoms with van der Waals surface area (Å²) in [6, 6.07) is 7.73. The molecule has 2 heterocycles. The Hall–Kier alpha value is -1.65. The van der Waals surface area contributed by atoms with Crippen molar-refractivity contribution in [3.63, 3.8) is 0 Å². The minimum absolute atomic E-state index is 0.0588. The van der Waals surface area contributed by atoms with Crippen molar-refractivity contribution in [2.75, 3.05) is 29.6 Å². The van der Waals surface area contributed by atoms with Crippen molar-refractivity contribution in [3.05, 3.63) is 29.8 Å². The number of amides is 1. The summed E-state index contributed by atoms with van der Waals surface area (Å²) >= 11 is 2.70. The Balaban J connectivity index is 1.52. The fraction of sp³-hybridized carbons (Fsp3) is 0.438. The van der Waals surface area contributed by atoms with Crippen LogP contribution in [0.15, 0.2) is 28.6 Å². The zero-order valence-corrected chi connectivity index (χ0v) is 17.0. The number of carbonyl (C=O) groups is 1. The molecule has 1 aromatic carbocycles. The summed E-state index contributed by atoms with van der Waals surface area (Å²) in [5.74, 6) is 0.336. The van der Waals surface area contributed by atoms with Gasteiger partial charge in [-0.05, 0) is 31.0 Å². The van der Waals surface area contributed by atoms with Gasteiger partial charge in [0.2, 0.25) is 11.0 Å². The van der Waals surface area contributed by atoms with Gasteiger partial charge in [0.05, 0.1) is 17.3 Å². The molecule has 1 aromatic heterocycles. The van der Waals surface area contributed by atoms with Gasteiger partial charge in [-0.1, -0.05) is 35.2 Å². The average molecular weight is 413 g/mol. The molecule has 140 valence electrons. The number of rotatable bonds is 6. The molecule has 0 spiro atoms. The normalized spacial score (nSPS) is 18.6. The Bertz CT molecular complexity index is 898. The molecule has 10 heteroatoms. The average Bonchev–Trinajstić information content (AvgIpc) is 3.18. The van der Waals surface area contributed by atoms with Crippen molar-refractivity contribution in [1.29, 1.82) is 0 Å². The second-order valence-electron chi connectivity index (χ2n) is 6.22. The van der Waals surface area contributed by atoms with Crippen molar-refractivity contribution < 1.29 is 13.2 Å². The molecular weight excluding hydrogens is 392 g/mol. The Labute approximate surface area is 161 Å². The van der Waals surface area contributed by atoms with E-state index in [1.807, 2.05) is 31.2 Å². The van der Waals surface area contributed by atoms with Crippen LogP contribution in [0.3, 0.4) is 0 Å². The molecule has 1 amide bonds. The fourth-order valence-corrected chi connectivity index (χ4v) is 6.15. The highest BCUT2D eigenvalue weighted by molar-refractivity contribution is 8.01. The van der Waals surface area contributed by atoms with Crippen LogP contribution in [0.25, 0.3) is 0 Å². The van der Waals surface area contributed by atoms with E-state index in [1.54, 1.807) is 11.9 Å². The largest absolute Gasteiger partial charge is 0.341 e. The number of sulfone groups is 1. The Morgan fingerprint density at radius 2 is 2.23 bits per heavy atom. The molecule has 0 radical (unpaired) electrons. The van der Waals surface area contributed by atoms with Gasteiger partial charge in [-0.15, -0.1) is 10.2 Å². The summed E-state index contributed by atoms with van der Waals surface area (Å²) in [7, 11) is -1.33. The van der Waals surface area contributed by atoms with E-state index in [1.165, 1.54) is 23.1 Å². The minimum Gasteiger partial charge on any atom is -0.341 e. The van der Waals surface area contributed by atoms with Crippen LogP contribution in [0.1, 0.15) is 12.0 Å². The number of benzene rings is 1. The number of thioether (sulfide) groups is 1. The zero-order chi connectivity index (χ0) is 18.7. The molecule has 26 heavy (non-hydrogen) atoms. The van der Waals surface area contributed by atoms with E-state index in [4.69, 9.17) is 0 Å². The quantitative estimate of drug-likeness (QED) is 0.728. The van der Waals surface area contributed by atoms with Crippen LogP contribution in [0, 0.1) is 6.92 Å². The predicted octanol–water partition coefficient (Wildman–Crippen LogP) is 2.33. The first-order valence-electron chi connectivity index (χ1n) is 8.08. The molecule has 1 aliphatic rings. The van der Waals surface area contributed by atoms with Gasteiger partial charge in [0.25, 0.3) is 0 Å². The third-order valence-corrected chi connectivity index (χ3v) is 7.85. The number of anilines is 2. The third kappa shape index (κ3) is 4.95. The first-order valence-corrected chi connectivity index (χ1v) is 11.7. The summed E-state index contributed by atoms with van der Waals surface area (Å²) < 4.78 is 23.8. The van der Waals surface area contributed by atoms with Gasteiger partial charge < -0.3 is 10.2 Å². The van der Waals surface area contributed by atoms with Gasteiger partial charge in [-0.3, -0.25) is 4.79 Å². The van der Waals surface area contributed by atoms with E-state index in [2.05, 4.69) is 15.5 Å². The highest BCUT2D eigenvalue weighted by Crippen LogP contribution is 2.28. The van der Waals surface area contributed by atoms with Gasteiger partial charge in [0, 0.05) is 18.8 Å². The highest BCUT2D eigenvalue weighted by atomic mass is 32.2. The summed E-state index contributed by atoms with van der Waals surface area (Å²) in [6.07, 6.45) is 0.513. The summed E-state index contributed by atoms with van der Waals surface area (Å²) in [5.41, 5.74) is 2.09. The van der Waals surface area contributed by atoms with E-state index in [9.17, 15) is 13.2 Å². The zero-order valence-electron chi connectivity index (χ0n) is 14.5. The molecule has 3 rings (SSSR count). The van der Waals surface area contributed by atoms with Crippen molar-refractivity contribution in [2.24, 2.45) is 0 Å². The Morgan fingerprint density at radius 3 is 2.92 bits per heavy atom. The molecule has 1 atom stereocenters. The lowest BCUT2D eigenvalue weighted by molar-refractivity contribution is -0.128. The SMILES string of the molecule is Cc1cccc(Nc2nnc(SCC(=O)N(C)C3CCS(=O)(=O)C3)s2)c1. The van der Waals surface area contributed by atoms with Crippen molar-refractivity contribution in [2.45, 2.75) is 23.7 Å². The first-order chi connectivity index (χ1) is 12.3. The van der Waals surface area contributed by atoms with Crippen LogP contribution in [0.5, 0.6) is 0 Å². The summed E-state index contributed by atoms with van der Waals surface area (Å²) in [6.45, 7) is 2.02. The number of carbonyl (C=O) groups excluding carboxylic acids is 1. The summed E-state index contributed by atoms with van der Waals surface area (Å²) in [4.78, 5) is 13.8. The second-order valence-corrected chi connectivity index (χ2v) is 10.6. The predicted molar refractivity (Wildman–Crippen MR) is 105 cm³/mol. The van der Waals surface area contributed by atoms with Crippen molar-refractivity contribution in [3.8, 4) is 0 Å². The van der Waals surface area contributed by atoms with Gasteiger partial charge >= 0.3 is 0 Å². The van der Waals surface area contributed by atoms with E-state index in [0.29, 0.717) is 15.9 Å². The number of hydrogen-bond donors (Lipinski definition) is 1. The molecular formula is C16H20N4O3S3. The number of nitrogens with one attached hydrogen (secondary N) is 1. The van der Waals surface area contributed by atoms with Gasteiger partial charge in [0.1, 0.15) is 0 Å². The standard InChI is InChI=1S/C16H20N4O3S3/c1-11-4-3-5-12(8-11)17-15-18-19-16(25-15)24-9-14(21)20(2)13-6-7-26(22,23)10-13/h3-5,8,13H,6-7,9-10H2,1-2H3,(H,17,18). The molecule has 1 unspecified atom stereocenters. The maximum absolute atomic E-state index is 12.3. The van der Waals surface area contributed by atoms with Gasteiger partial charge in [-0.25, -0.2) is 8.42 Å². The lowest BCUT2D eigenvalue weighted by Gasteiger charge is -2.22. The van der Waals surface area contributed by atoms with Gasteiger partial charge in [0.15, 0.2) is 14.2 Å². The Kier molecular flexibility index (Phi) is 5.83. The number of hydrogen-bond acceptors (Lipinski definition) is 8. The number of aromatic nitrogens is 2.